The highest BCUT2D eigenvalue weighted by Crippen LogP contribution is 2.41. The molecule has 9 heteroatoms. The van der Waals surface area contributed by atoms with Crippen LogP contribution in [-0.4, -0.2) is 42.8 Å². The molecular formula is C26H29N2O6P. The summed E-state index contributed by atoms with van der Waals surface area (Å²) < 4.78 is 22.4. The van der Waals surface area contributed by atoms with Crippen molar-refractivity contribution in [2.45, 2.75) is 18.9 Å². The van der Waals surface area contributed by atoms with Gasteiger partial charge < -0.3 is 19.5 Å². The number of nitrogens with one attached hydrogen (secondary N) is 2. The average molecular weight is 497 g/mol. The van der Waals surface area contributed by atoms with Crippen LogP contribution < -0.4 is 15.2 Å². The number of esters is 1. The molecule has 3 aromatic rings. The highest BCUT2D eigenvalue weighted by atomic mass is 31.2. The first kappa shape index (κ1) is 26.2. The molecule has 0 saturated heterocycles. The lowest BCUT2D eigenvalue weighted by Crippen LogP contribution is -2.46. The third-order valence-electron chi connectivity index (χ3n) is 5.20. The minimum absolute atomic E-state index is 0.0242. The van der Waals surface area contributed by atoms with Gasteiger partial charge in [-0.25, -0.2) is 4.57 Å². The van der Waals surface area contributed by atoms with E-state index in [0.29, 0.717) is 0 Å². The van der Waals surface area contributed by atoms with E-state index in [2.05, 4.69) is 15.4 Å². The van der Waals surface area contributed by atoms with Gasteiger partial charge in [0.25, 0.3) is 0 Å². The number of hydrogen-bond donors (Lipinski definition) is 3. The van der Waals surface area contributed by atoms with Crippen molar-refractivity contribution in [3.8, 4) is 16.9 Å². The van der Waals surface area contributed by atoms with Gasteiger partial charge >= 0.3 is 13.6 Å². The molecule has 8 nitrogen and oxygen atoms in total. The van der Waals surface area contributed by atoms with Crippen molar-refractivity contribution >= 4 is 19.5 Å². The molecule has 1 unspecified atom stereocenters. The lowest BCUT2D eigenvalue weighted by atomic mass is 10.0. The van der Waals surface area contributed by atoms with E-state index >= 15 is 0 Å². The SMILES string of the molecule is COC(=O)CCNC(=O)[C@H](Cc1ccc(-c2ccccc2)cc1)NCP(=O)(O)Oc1ccccc1. The van der Waals surface area contributed by atoms with Crippen LogP contribution in [0.4, 0.5) is 0 Å². The summed E-state index contributed by atoms with van der Waals surface area (Å²) in [7, 11) is -2.80. The summed E-state index contributed by atoms with van der Waals surface area (Å²) in [5.41, 5.74) is 2.98. The second kappa shape index (κ2) is 12.9. The van der Waals surface area contributed by atoms with Gasteiger partial charge in [0, 0.05) is 6.54 Å². The van der Waals surface area contributed by atoms with Crippen molar-refractivity contribution in [1.82, 2.24) is 10.6 Å². The maximum atomic E-state index is 12.8. The smallest absolute Gasteiger partial charge is 0.390 e. The van der Waals surface area contributed by atoms with E-state index in [1.54, 1.807) is 30.3 Å². The zero-order chi connectivity index (χ0) is 25.1. The van der Waals surface area contributed by atoms with Crippen molar-refractivity contribution in [3.05, 3.63) is 90.5 Å². The molecule has 0 aliphatic carbocycles. The number of ether oxygens (including phenoxy) is 1. The molecule has 0 aliphatic heterocycles. The fourth-order valence-electron chi connectivity index (χ4n) is 3.37. The molecule has 0 aliphatic rings. The highest BCUT2D eigenvalue weighted by molar-refractivity contribution is 7.53. The molecule has 35 heavy (non-hydrogen) atoms. The Morgan fingerprint density at radius 3 is 2.14 bits per heavy atom. The van der Waals surface area contributed by atoms with Crippen molar-refractivity contribution in [1.29, 1.82) is 0 Å². The van der Waals surface area contributed by atoms with E-state index in [1.807, 2.05) is 54.6 Å². The Kier molecular flexibility index (Phi) is 9.61. The van der Waals surface area contributed by atoms with Crippen molar-refractivity contribution in [3.63, 3.8) is 0 Å². The maximum Gasteiger partial charge on any atom is 0.390 e. The molecule has 2 atom stereocenters. The summed E-state index contributed by atoms with van der Waals surface area (Å²) in [5.74, 6) is -0.584. The zero-order valence-electron chi connectivity index (χ0n) is 19.4. The Morgan fingerprint density at radius 2 is 1.51 bits per heavy atom. The summed E-state index contributed by atoms with van der Waals surface area (Å²) in [6, 6.07) is 25.2. The minimum Gasteiger partial charge on any atom is -0.469 e. The van der Waals surface area contributed by atoms with Gasteiger partial charge in [-0.15, -0.1) is 0 Å². The third-order valence-corrected chi connectivity index (χ3v) is 6.28. The van der Waals surface area contributed by atoms with Crippen LogP contribution in [-0.2, 0) is 25.3 Å². The highest BCUT2D eigenvalue weighted by Gasteiger charge is 2.26. The largest absolute Gasteiger partial charge is 0.469 e. The number of para-hydroxylation sites is 1. The maximum absolute atomic E-state index is 12.8. The minimum atomic E-state index is -4.07. The first-order valence-electron chi connectivity index (χ1n) is 11.1. The van der Waals surface area contributed by atoms with Gasteiger partial charge in [0.15, 0.2) is 0 Å². The summed E-state index contributed by atoms with van der Waals surface area (Å²) in [6.07, 6.45) is -0.139. The van der Waals surface area contributed by atoms with Crippen LogP contribution in [0, 0.1) is 0 Å². The van der Waals surface area contributed by atoms with Crippen molar-refractivity contribution in [2.75, 3.05) is 19.9 Å². The summed E-state index contributed by atoms with van der Waals surface area (Å²) in [4.78, 5) is 34.5. The van der Waals surface area contributed by atoms with Gasteiger partial charge in [0.05, 0.1) is 19.6 Å². The van der Waals surface area contributed by atoms with Gasteiger partial charge in [0.1, 0.15) is 12.0 Å². The molecule has 0 spiro atoms. The van der Waals surface area contributed by atoms with E-state index in [4.69, 9.17) is 4.52 Å². The second-order valence-corrected chi connectivity index (χ2v) is 9.61. The van der Waals surface area contributed by atoms with Gasteiger partial charge in [-0.3, -0.25) is 14.9 Å². The Hall–Kier alpha value is -3.45. The van der Waals surface area contributed by atoms with E-state index < -0.39 is 31.8 Å². The predicted molar refractivity (Wildman–Crippen MR) is 134 cm³/mol. The number of hydrogen-bond acceptors (Lipinski definition) is 6. The standard InChI is InChI=1S/C26H29N2O6P/c1-33-25(29)16-17-27-26(30)24(28-19-35(31,32)34-23-10-6-3-7-11-23)18-20-12-14-22(15-13-20)21-8-4-2-5-9-21/h2-15,24,28H,16-19H2,1H3,(H,27,30)(H,31,32)/t24-/m0/s1. The molecule has 0 saturated carbocycles. The van der Waals surface area contributed by atoms with Crippen molar-refractivity contribution in [2.24, 2.45) is 0 Å². The third kappa shape index (κ3) is 8.68. The van der Waals surface area contributed by atoms with Gasteiger partial charge in [-0.05, 0) is 35.2 Å². The molecule has 3 rings (SSSR count). The van der Waals surface area contributed by atoms with Crippen LogP contribution in [0.2, 0.25) is 0 Å². The summed E-state index contributed by atoms with van der Waals surface area (Å²) in [6.45, 7) is 0.0912. The van der Waals surface area contributed by atoms with Gasteiger partial charge in [-0.1, -0.05) is 72.8 Å². The number of carbonyl (C=O) groups is 2. The Bertz CT molecular complexity index is 1140. The van der Waals surface area contributed by atoms with Crippen LogP contribution in [0.25, 0.3) is 11.1 Å². The Morgan fingerprint density at radius 1 is 0.914 bits per heavy atom. The number of benzene rings is 3. The molecule has 0 heterocycles. The zero-order valence-corrected chi connectivity index (χ0v) is 20.3. The van der Waals surface area contributed by atoms with Crippen LogP contribution >= 0.6 is 7.60 Å². The molecule has 0 aromatic heterocycles. The molecule has 3 N–H and O–H groups in total. The predicted octanol–water partition coefficient (Wildman–Crippen LogP) is 3.76. The van der Waals surface area contributed by atoms with E-state index in [0.717, 1.165) is 16.7 Å². The van der Waals surface area contributed by atoms with Crippen LogP contribution in [0.15, 0.2) is 84.9 Å². The van der Waals surface area contributed by atoms with Crippen LogP contribution in [0.5, 0.6) is 5.75 Å². The lowest BCUT2D eigenvalue weighted by Gasteiger charge is -2.21. The monoisotopic (exact) mass is 496 g/mol. The normalized spacial score (nSPS) is 13.3. The molecule has 1 amide bonds. The first-order valence-corrected chi connectivity index (χ1v) is 12.9. The van der Waals surface area contributed by atoms with Crippen molar-refractivity contribution < 1.29 is 28.3 Å². The number of carbonyl (C=O) groups excluding carboxylic acids is 2. The molecule has 3 aromatic carbocycles. The Balaban J connectivity index is 1.67. The molecule has 184 valence electrons. The lowest BCUT2D eigenvalue weighted by molar-refractivity contribution is -0.140. The summed E-state index contributed by atoms with van der Waals surface area (Å²) >= 11 is 0. The number of amides is 1. The van der Waals surface area contributed by atoms with Crippen LogP contribution in [0.1, 0.15) is 12.0 Å². The second-order valence-electron chi connectivity index (χ2n) is 7.84. The molecule has 0 bridgehead atoms. The van der Waals surface area contributed by atoms with Gasteiger partial charge in [-0.2, -0.15) is 0 Å². The van der Waals surface area contributed by atoms with E-state index in [-0.39, 0.29) is 25.1 Å². The molecule has 0 fully saturated rings. The first-order chi connectivity index (χ1) is 16.9. The fourth-order valence-corrected chi connectivity index (χ4v) is 4.34. The molecule has 0 radical (unpaired) electrons. The van der Waals surface area contributed by atoms with Gasteiger partial charge in [0.2, 0.25) is 5.91 Å². The average Bonchev–Trinajstić information content (AvgIpc) is 2.87. The van der Waals surface area contributed by atoms with Crippen LogP contribution in [0.3, 0.4) is 0 Å². The number of methoxy groups -OCH3 is 1. The van der Waals surface area contributed by atoms with E-state index in [9.17, 15) is 19.0 Å². The topological polar surface area (TPSA) is 114 Å². The summed E-state index contributed by atoms with van der Waals surface area (Å²) in [5, 5.41) is 5.54. The quantitative estimate of drug-likeness (QED) is 0.258. The Labute approximate surface area is 204 Å². The number of rotatable bonds is 12. The fraction of sp³-hybridized carbons (Fsp3) is 0.231. The molecular weight excluding hydrogens is 467 g/mol. The van der Waals surface area contributed by atoms with E-state index in [1.165, 1.54) is 7.11 Å².